The fourth-order valence-corrected chi connectivity index (χ4v) is 1.84. The number of aromatic nitrogens is 1. The van der Waals surface area contributed by atoms with Gasteiger partial charge >= 0.3 is 6.09 Å². The van der Waals surface area contributed by atoms with Crippen LogP contribution >= 0.6 is 0 Å². The molecule has 1 atom stereocenters. The quantitative estimate of drug-likeness (QED) is 0.586. The maximum Gasteiger partial charge on any atom is 0.413 e. The van der Waals surface area contributed by atoms with E-state index in [0.717, 1.165) is 42.4 Å². The Balaban J connectivity index is 3.36. The first-order chi connectivity index (χ1) is 11.1. The van der Waals surface area contributed by atoms with Gasteiger partial charge in [0.25, 0.3) is 5.92 Å². The summed E-state index contributed by atoms with van der Waals surface area (Å²) < 4.78 is 45.4. The highest BCUT2D eigenvalue weighted by atomic mass is 19.3. The van der Waals surface area contributed by atoms with Crippen LogP contribution in [0.25, 0.3) is 0 Å². The number of halogens is 3. The average Bonchev–Trinajstić information content (AvgIpc) is 2.53. The molecular formula is C15H19F3N4O2. The third kappa shape index (κ3) is 4.71. The number of nitrogens with zero attached hydrogens (tertiary/aromatic N) is 4. The van der Waals surface area contributed by atoms with Gasteiger partial charge in [-0.2, -0.15) is 5.10 Å². The number of rotatable bonds is 6. The molecule has 0 aliphatic carbocycles. The van der Waals surface area contributed by atoms with Crippen molar-refractivity contribution in [2.75, 3.05) is 19.2 Å². The molecule has 1 heterocycles. The van der Waals surface area contributed by atoms with Crippen LogP contribution in [0.1, 0.15) is 13.8 Å². The van der Waals surface area contributed by atoms with Crippen molar-refractivity contribution in [3.8, 4) is 0 Å². The second-order valence-corrected chi connectivity index (χ2v) is 5.11. The van der Waals surface area contributed by atoms with E-state index in [0.29, 0.717) is 0 Å². The molecule has 0 bridgehead atoms. The zero-order valence-electron chi connectivity index (χ0n) is 13.8. The van der Waals surface area contributed by atoms with Crippen molar-refractivity contribution in [2.45, 2.75) is 19.8 Å². The Morgan fingerprint density at radius 1 is 1.50 bits per heavy atom. The number of hydrogen-bond donors (Lipinski definition) is 0. The van der Waals surface area contributed by atoms with E-state index in [9.17, 15) is 18.0 Å². The first kappa shape index (κ1) is 19.5. The Labute approximate surface area is 138 Å². The molecule has 132 valence electrons. The molecule has 0 aromatic carbocycles. The summed E-state index contributed by atoms with van der Waals surface area (Å²) in [5.74, 6) is -5.11. The van der Waals surface area contributed by atoms with E-state index >= 15 is 0 Å². The van der Waals surface area contributed by atoms with Gasteiger partial charge in [-0.05, 0) is 0 Å². The largest absolute Gasteiger partial charge is 0.452 e. The van der Waals surface area contributed by atoms with Gasteiger partial charge < -0.3 is 4.74 Å². The molecule has 0 fully saturated rings. The van der Waals surface area contributed by atoms with Gasteiger partial charge in [-0.25, -0.2) is 23.0 Å². The lowest BCUT2D eigenvalue weighted by Crippen LogP contribution is -2.36. The topological polar surface area (TPSA) is 58.0 Å². The molecule has 0 saturated heterocycles. The third-order valence-corrected chi connectivity index (χ3v) is 3.40. The zero-order valence-corrected chi connectivity index (χ0v) is 13.8. The number of ether oxygens (including phenoxy) is 1. The summed E-state index contributed by atoms with van der Waals surface area (Å²) in [6.45, 7) is 5.30. The molecule has 0 saturated carbocycles. The van der Waals surface area contributed by atoms with Crippen molar-refractivity contribution in [1.82, 2.24) is 9.88 Å². The molecule has 0 aliphatic heterocycles. The highest BCUT2D eigenvalue weighted by molar-refractivity contribution is 5.69. The predicted octanol–water partition coefficient (Wildman–Crippen LogP) is 3.47. The number of amides is 1. The van der Waals surface area contributed by atoms with E-state index in [4.69, 9.17) is 0 Å². The number of pyridine rings is 1. The second-order valence-electron chi connectivity index (χ2n) is 5.11. The Kier molecular flexibility index (Phi) is 6.33. The van der Waals surface area contributed by atoms with Crippen LogP contribution in [0.2, 0.25) is 0 Å². The molecular weight excluding hydrogens is 325 g/mol. The lowest BCUT2D eigenvalue weighted by molar-refractivity contribution is -0.0258. The smallest absolute Gasteiger partial charge is 0.413 e. The number of carbonyl (C=O) groups is 1. The summed E-state index contributed by atoms with van der Waals surface area (Å²) in [4.78, 5) is 16.3. The van der Waals surface area contributed by atoms with E-state index < -0.39 is 23.8 Å². The fraction of sp³-hybridized carbons (Fsp3) is 0.400. The van der Waals surface area contributed by atoms with E-state index in [1.807, 2.05) is 0 Å². The third-order valence-electron chi connectivity index (χ3n) is 3.40. The first-order valence-corrected chi connectivity index (χ1v) is 6.89. The van der Waals surface area contributed by atoms with Crippen LogP contribution < -0.4 is 5.01 Å². The predicted molar refractivity (Wildman–Crippen MR) is 84.3 cm³/mol. The van der Waals surface area contributed by atoms with Crippen LogP contribution in [0.3, 0.4) is 0 Å². The second kappa shape index (κ2) is 7.80. The molecule has 1 rings (SSSR count). The summed E-state index contributed by atoms with van der Waals surface area (Å²) in [7, 11) is 2.41. The first-order valence-electron chi connectivity index (χ1n) is 6.89. The lowest BCUT2D eigenvalue weighted by atomic mass is 10.0. The van der Waals surface area contributed by atoms with E-state index in [-0.39, 0.29) is 11.4 Å². The van der Waals surface area contributed by atoms with Crippen LogP contribution in [-0.4, -0.2) is 42.8 Å². The number of carbonyl (C=O) groups excluding carboxylic acids is 1. The molecule has 1 unspecified atom stereocenters. The van der Waals surface area contributed by atoms with Gasteiger partial charge in [-0.3, -0.25) is 9.88 Å². The van der Waals surface area contributed by atoms with Crippen LogP contribution in [0.15, 0.2) is 35.5 Å². The number of methoxy groups -OCH3 is 1. The summed E-state index contributed by atoms with van der Waals surface area (Å²) in [5, 5.41) is 4.70. The molecule has 0 N–H and O–H groups in total. The van der Waals surface area contributed by atoms with Gasteiger partial charge in [0.2, 0.25) is 0 Å². The number of allylic oxidation sites excluding steroid dienone is 1. The lowest BCUT2D eigenvalue weighted by Gasteiger charge is -2.29. The molecule has 1 amide bonds. The van der Waals surface area contributed by atoms with Crippen molar-refractivity contribution >= 4 is 18.5 Å². The minimum atomic E-state index is -3.12. The van der Waals surface area contributed by atoms with Gasteiger partial charge in [-0.1, -0.05) is 6.92 Å². The van der Waals surface area contributed by atoms with E-state index in [1.54, 1.807) is 0 Å². The normalized spacial score (nSPS) is 13.2. The van der Waals surface area contributed by atoms with Crippen molar-refractivity contribution in [2.24, 2.45) is 11.0 Å². The van der Waals surface area contributed by atoms with Crippen molar-refractivity contribution < 1.29 is 22.7 Å². The summed E-state index contributed by atoms with van der Waals surface area (Å²) in [5.41, 5.74) is 0.0680. The Morgan fingerprint density at radius 3 is 2.58 bits per heavy atom. The van der Waals surface area contributed by atoms with Gasteiger partial charge in [0.1, 0.15) is 5.82 Å². The molecule has 6 nitrogen and oxygen atoms in total. The Bertz CT molecular complexity index is 631. The number of anilines is 1. The molecule has 0 spiro atoms. The SMILES string of the molecule is C=NN(/C=C(\C(C)C(C)(F)F)N(C)C(=O)OC)c1cncc(F)c1. The molecule has 9 heteroatoms. The number of hydrogen-bond acceptors (Lipinski definition) is 5. The van der Waals surface area contributed by atoms with Gasteiger partial charge in [0, 0.05) is 33.0 Å². The number of hydrazone groups is 1. The maximum atomic E-state index is 13.8. The molecule has 0 radical (unpaired) electrons. The standard InChI is InChI=1S/C15H19F3N4O2/c1-10(15(2,17)18)13(21(4)14(23)24-5)9-22(19-3)12-6-11(16)7-20-8-12/h6-10H,3H2,1-2,4-5H3/b13-9+. The summed E-state index contributed by atoms with van der Waals surface area (Å²) in [6.07, 6.45) is 2.58. The van der Waals surface area contributed by atoms with Crippen LogP contribution in [0.4, 0.5) is 23.7 Å². The highest BCUT2D eigenvalue weighted by Gasteiger charge is 2.36. The number of alkyl halides is 2. The van der Waals surface area contributed by atoms with Crippen LogP contribution in [-0.2, 0) is 4.74 Å². The minimum Gasteiger partial charge on any atom is -0.452 e. The average molecular weight is 344 g/mol. The van der Waals surface area contributed by atoms with E-state index in [2.05, 4.69) is 21.5 Å². The summed E-state index contributed by atoms with van der Waals surface area (Å²) in [6, 6.07) is 1.10. The van der Waals surface area contributed by atoms with Gasteiger partial charge in [0.05, 0.1) is 36.8 Å². The van der Waals surface area contributed by atoms with Crippen molar-refractivity contribution in [3.05, 3.63) is 36.2 Å². The molecule has 0 aliphatic rings. The van der Waals surface area contributed by atoms with Crippen molar-refractivity contribution in [1.29, 1.82) is 0 Å². The summed E-state index contributed by atoms with van der Waals surface area (Å²) >= 11 is 0. The van der Waals surface area contributed by atoms with Gasteiger partial charge in [-0.15, -0.1) is 0 Å². The van der Waals surface area contributed by atoms with Crippen LogP contribution in [0.5, 0.6) is 0 Å². The van der Waals surface area contributed by atoms with Crippen molar-refractivity contribution in [3.63, 3.8) is 0 Å². The molecule has 24 heavy (non-hydrogen) atoms. The minimum absolute atomic E-state index is 0.0917. The van der Waals surface area contributed by atoms with E-state index in [1.165, 1.54) is 20.2 Å². The molecule has 1 aromatic heterocycles. The Hall–Kier alpha value is -2.58. The zero-order chi connectivity index (χ0) is 18.5. The van der Waals surface area contributed by atoms with Gasteiger partial charge in [0.15, 0.2) is 0 Å². The Morgan fingerprint density at radius 2 is 2.12 bits per heavy atom. The molecule has 1 aromatic rings. The van der Waals surface area contributed by atoms with Crippen LogP contribution in [0, 0.1) is 11.7 Å². The fourth-order valence-electron chi connectivity index (χ4n) is 1.84. The monoisotopic (exact) mass is 344 g/mol. The maximum absolute atomic E-state index is 13.8. The highest BCUT2D eigenvalue weighted by Crippen LogP contribution is 2.32.